The van der Waals surface area contributed by atoms with Gasteiger partial charge in [-0.3, -0.25) is 19.3 Å². The number of imide groups is 1. The van der Waals surface area contributed by atoms with Crippen LogP contribution in [0.4, 0.5) is 10.5 Å². The molecule has 3 aromatic rings. The van der Waals surface area contributed by atoms with Crippen LogP contribution in [0.5, 0.6) is 0 Å². The molecule has 0 saturated carbocycles. The second-order valence-electron chi connectivity index (χ2n) is 7.36. The molecule has 1 aliphatic rings. The largest absolute Gasteiger partial charge is 0.478 e. The predicted octanol–water partition coefficient (Wildman–Crippen LogP) is 5.23. The average molecular weight is 588 g/mol. The molecular formula is C24H17IN2O6S. The summed E-state index contributed by atoms with van der Waals surface area (Å²) in [6, 6.07) is 15.2. The van der Waals surface area contributed by atoms with Gasteiger partial charge in [-0.15, -0.1) is 0 Å². The molecule has 172 valence electrons. The zero-order valence-corrected chi connectivity index (χ0v) is 20.7. The summed E-state index contributed by atoms with van der Waals surface area (Å²) in [5, 5.41) is 11.2. The van der Waals surface area contributed by atoms with Crippen molar-refractivity contribution in [3.05, 3.63) is 80.0 Å². The van der Waals surface area contributed by atoms with Gasteiger partial charge in [0.1, 0.15) is 18.1 Å². The molecule has 1 saturated heterocycles. The van der Waals surface area contributed by atoms with E-state index < -0.39 is 29.6 Å². The number of furan rings is 1. The Hall–Kier alpha value is -3.38. The molecule has 1 fully saturated rings. The maximum atomic E-state index is 12.7. The highest BCUT2D eigenvalue weighted by atomic mass is 127. The van der Waals surface area contributed by atoms with Gasteiger partial charge in [-0.05, 0) is 95.4 Å². The van der Waals surface area contributed by atoms with Crippen LogP contribution in [0, 0.1) is 10.5 Å². The Morgan fingerprint density at radius 1 is 1.12 bits per heavy atom. The average Bonchev–Trinajstić information content (AvgIpc) is 3.35. The Morgan fingerprint density at radius 3 is 2.53 bits per heavy atom. The van der Waals surface area contributed by atoms with Crippen LogP contribution >= 0.6 is 34.4 Å². The van der Waals surface area contributed by atoms with Crippen LogP contribution in [0.3, 0.4) is 0 Å². The molecule has 0 radical (unpaired) electrons. The SMILES string of the molecule is Cc1cc(C(=O)O)ccc1-c1ccc(/C=C2\SC(=O)N(CC(=O)Nc3ccc(I)cc3)C2=O)o1. The number of nitrogens with zero attached hydrogens (tertiary/aromatic N) is 1. The van der Waals surface area contributed by atoms with Gasteiger partial charge in [0.25, 0.3) is 11.1 Å². The first-order valence-electron chi connectivity index (χ1n) is 9.96. The third-order valence-electron chi connectivity index (χ3n) is 4.94. The van der Waals surface area contributed by atoms with E-state index in [9.17, 15) is 19.2 Å². The van der Waals surface area contributed by atoms with Crippen LogP contribution in [0.2, 0.25) is 0 Å². The molecule has 0 atom stereocenters. The molecule has 0 bridgehead atoms. The van der Waals surface area contributed by atoms with Gasteiger partial charge in [-0.2, -0.15) is 0 Å². The van der Waals surface area contributed by atoms with E-state index in [1.807, 2.05) is 12.1 Å². The summed E-state index contributed by atoms with van der Waals surface area (Å²) < 4.78 is 6.82. The molecule has 2 heterocycles. The minimum Gasteiger partial charge on any atom is -0.478 e. The number of rotatable bonds is 6. The molecule has 34 heavy (non-hydrogen) atoms. The molecule has 0 aliphatic carbocycles. The van der Waals surface area contributed by atoms with Crippen molar-refractivity contribution < 1.29 is 28.7 Å². The molecule has 1 aromatic heterocycles. The Morgan fingerprint density at radius 2 is 1.85 bits per heavy atom. The summed E-state index contributed by atoms with van der Waals surface area (Å²) in [7, 11) is 0. The van der Waals surface area contributed by atoms with Gasteiger partial charge in [0, 0.05) is 20.9 Å². The van der Waals surface area contributed by atoms with Crippen LogP contribution in [-0.4, -0.2) is 39.6 Å². The van der Waals surface area contributed by atoms with Crippen molar-refractivity contribution in [3.8, 4) is 11.3 Å². The normalized spacial score (nSPS) is 14.6. The highest BCUT2D eigenvalue weighted by Gasteiger charge is 2.36. The third kappa shape index (κ3) is 5.23. The lowest BCUT2D eigenvalue weighted by Gasteiger charge is -2.12. The van der Waals surface area contributed by atoms with Crippen molar-refractivity contribution in [1.82, 2.24) is 4.90 Å². The van der Waals surface area contributed by atoms with Crippen LogP contribution in [0.1, 0.15) is 21.7 Å². The first kappa shape index (κ1) is 23.8. The number of carboxylic acids is 1. The molecule has 0 unspecified atom stereocenters. The molecule has 4 rings (SSSR count). The molecule has 3 amide bonds. The fraction of sp³-hybridized carbons (Fsp3) is 0.0833. The molecule has 8 nitrogen and oxygen atoms in total. The van der Waals surface area contributed by atoms with Gasteiger partial charge in [0.05, 0.1) is 10.5 Å². The van der Waals surface area contributed by atoms with E-state index in [0.29, 0.717) is 22.8 Å². The van der Waals surface area contributed by atoms with Crippen molar-refractivity contribution in [2.75, 3.05) is 11.9 Å². The van der Waals surface area contributed by atoms with Crippen LogP contribution in [-0.2, 0) is 9.59 Å². The number of anilines is 1. The van der Waals surface area contributed by atoms with E-state index in [0.717, 1.165) is 25.8 Å². The third-order valence-corrected chi connectivity index (χ3v) is 6.57. The number of carbonyl (C=O) groups is 4. The van der Waals surface area contributed by atoms with Gasteiger partial charge in [-0.1, -0.05) is 6.07 Å². The number of hydrogen-bond acceptors (Lipinski definition) is 6. The van der Waals surface area contributed by atoms with E-state index in [1.165, 1.54) is 12.1 Å². The summed E-state index contributed by atoms with van der Waals surface area (Å²) in [4.78, 5) is 49.6. The quantitative estimate of drug-likeness (QED) is 0.299. The maximum absolute atomic E-state index is 12.7. The number of amides is 3. The van der Waals surface area contributed by atoms with Crippen molar-refractivity contribution >= 4 is 69.1 Å². The molecule has 10 heteroatoms. The number of carbonyl (C=O) groups excluding carboxylic acids is 3. The van der Waals surface area contributed by atoms with Crippen LogP contribution in [0.25, 0.3) is 17.4 Å². The lowest BCUT2D eigenvalue weighted by molar-refractivity contribution is -0.127. The van der Waals surface area contributed by atoms with Crippen LogP contribution < -0.4 is 5.32 Å². The first-order valence-corrected chi connectivity index (χ1v) is 11.9. The standard InChI is InChI=1S/C24H17IN2O6S/c1-13-10-14(23(30)31)2-8-18(13)19-9-7-17(33-19)11-20-22(29)27(24(32)34-20)12-21(28)26-16-5-3-15(25)4-6-16/h2-11H,12H2,1H3,(H,26,28)(H,30,31)/b20-11-. The van der Waals surface area contributed by atoms with Gasteiger partial charge < -0.3 is 14.8 Å². The molecule has 1 aliphatic heterocycles. The summed E-state index contributed by atoms with van der Waals surface area (Å²) in [6.07, 6.45) is 1.45. The van der Waals surface area contributed by atoms with E-state index in [2.05, 4.69) is 27.9 Å². The first-order chi connectivity index (χ1) is 16.2. The number of aromatic carboxylic acids is 1. The maximum Gasteiger partial charge on any atom is 0.335 e. The van der Waals surface area contributed by atoms with E-state index in [4.69, 9.17) is 9.52 Å². The summed E-state index contributed by atoms with van der Waals surface area (Å²) in [5.41, 5.74) is 2.18. The van der Waals surface area contributed by atoms with Gasteiger partial charge in [-0.25, -0.2) is 4.79 Å². The number of halogens is 1. The van der Waals surface area contributed by atoms with Gasteiger partial charge in [0.15, 0.2) is 0 Å². The number of aryl methyl sites for hydroxylation is 1. The highest BCUT2D eigenvalue weighted by Crippen LogP contribution is 2.34. The monoisotopic (exact) mass is 588 g/mol. The minimum atomic E-state index is -1.02. The zero-order valence-electron chi connectivity index (χ0n) is 17.7. The molecular weight excluding hydrogens is 571 g/mol. The van der Waals surface area contributed by atoms with Crippen molar-refractivity contribution in [2.45, 2.75) is 6.92 Å². The number of hydrogen-bond donors (Lipinski definition) is 2. The molecule has 0 spiro atoms. The van der Waals surface area contributed by atoms with Crippen molar-refractivity contribution in [2.24, 2.45) is 0 Å². The Bertz CT molecular complexity index is 1350. The number of benzene rings is 2. The molecule has 2 N–H and O–H groups in total. The number of nitrogens with one attached hydrogen (secondary N) is 1. The summed E-state index contributed by atoms with van der Waals surface area (Å²) >= 11 is 2.88. The number of thioether (sulfide) groups is 1. The van der Waals surface area contributed by atoms with E-state index in [-0.39, 0.29) is 10.5 Å². The minimum absolute atomic E-state index is 0.144. The lowest BCUT2D eigenvalue weighted by atomic mass is 10.0. The zero-order chi connectivity index (χ0) is 24.4. The Kier molecular flexibility index (Phi) is 6.89. The smallest absolute Gasteiger partial charge is 0.335 e. The van der Waals surface area contributed by atoms with Crippen LogP contribution in [0.15, 0.2) is 63.9 Å². The highest BCUT2D eigenvalue weighted by molar-refractivity contribution is 14.1. The second-order valence-corrected chi connectivity index (χ2v) is 9.60. The predicted molar refractivity (Wildman–Crippen MR) is 136 cm³/mol. The second kappa shape index (κ2) is 9.85. The topological polar surface area (TPSA) is 117 Å². The fourth-order valence-electron chi connectivity index (χ4n) is 3.29. The van der Waals surface area contributed by atoms with E-state index in [1.54, 1.807) is 43.3 Å². The summed E-state index contributed by atoms with van der Waals surface area (Å²) in [6.45, 7) is 1.38. The van der Waals surface area contributed by atoms with E-state index >= 15 is 0 Å². The number of carboxylic acid groups (broad SMARTS) is 1. The lowest BCUT2D eigenvalue weighted by Crippen LogP contribution is -2.36. The summed E-state index contributed by atoms with van der Waals surface area (Å²) in [5.74, 6) is -1.22. The van der Waals surface area contributed by atoms with Crippen molar-refractivity contribution in [3.63, 3.8) is 0 Å². The van der Waals surface area contributed by atoms with Gasteiger partial charge in [0.2, 0.25) is 5.91 Å². The van der Waals surface area contributed by atoms with Gasteiger partial charge >= 0.3 is 5.97 Å². The Labute approximate surface area is 212 Å². The Balaban J connectivity index is 1.46. The molecule has 2 aromatic carbocycles. The van der Waals surface area contributed by atoms with Crippen molar-refractivity contribution in [1.29, 1.82) is 0 Å². The fourth-order valence-corrected chi connectivity index (χ4v) is 4.47.